The van der Waals surface area contributed by atoms with Gasteiger partial charge >= 0.3 is 0 Å². The Morgan fingerprint density at radius 2 is 2.43 bits per heavy atom. The van der Waals surface area contributed by atoms with Crippen molar-refractivity contribution in [3.63, 3.8) is 0 Å². The maximum Gasteiger partial charge on any atom is 0.000567 e. The van der Waals surface area contributed by atoms with E-state index in [0.717, 1.165) is 12.0 Å². The summed E-state index contributed by atoms with van der Waals surface area (Å²) in [5.41, 5.74) is 2.64. The fourth-order valence-electron chi connectivity index (χ4n) is 0.246. The second-order valence-corrected chi connectivity index (χ2v) is 1.77. The smallest absolute Gasteiger partial charge is 0.000567 e. The molecule has 0 aromatic heterocycles. The van der Waals surface area contributed by atoms with Crippen LogP contribution in [0.5, 0.6) is 0 Å². The van der Waals surface area contributed by atoms with Gasteiger partial charge in [0, 0.05) is 5.54 Å². The molecule has 0 unspecified atom stereocenters. The van der Waals surface area contributed by atoms with E-state index in [9.17, 15) is 0 Å². The molecule has 0 aliphatic heterocycles. The van der Waals surface area contributed by atoms with Crippen molar-refractivity contribution in [2.45, 2.75) is 13.3 Å². The fraction of sp³-hybridized carbons (Fsp3) is 0.333. The van der Waals surface area contributed by atoms with Gasteiger partial charge in [-0.25, -0.2) is 0 Å². The van der Waals surface area contributed by atoms with Gasteiger partial charge in [0.15, 0.2) is 0 Å². The van der Waals surface area contributed by atoms with Gasteiger partial charge in [-0.3, -0.25) is 0 Å². The minimum absolute atomic E-state index is 0.892. The van der Waals surface area contributed by atoms with Gasteiger partial charge < -0.3 is 0 Å². The Kier molecular flexibility index (Phi) is 3.81. The predicted octanol–water partition coefficient (Wildman–Crippen LogP) is 2.71. The van der Waals surface area contributed by atoms with Crippen LogP contribution in [-0.4, -0.2) is 0 Å². The monoisotopic (exact) mass is 116 g/mol. The van der Waals surface area contributed by atoms with E-state index >= 15 is 0 Å². The highest BCUT2D eigenvalue weighted by molar-refractivity contribution is 6.25. The van der Waals surface area contributed by atoms with Gasteiger partial charge in [-0.05, 0) is 13.3 Å². The molecule has 0 nitrogen and oxygen atoms in total. The van der Waals surface area contributed by atoms with Gasteiger partial charge in [-0.15, -0.1) is 0 Å². The van der Waals surface area contributed by atoms with Crippen molar-refractivity contribution in [1.29, 1.82) is 0 Å². The lowest BCUT2D eigenvalue weighted by molar-refractivity contribution is 1.23. The third-order valence-electron chi connectivity index (χ3n) is 0.555. The zero-order valence-corrected chi connectivity index (χ0v) is 5.20. The Bertz CT molecular complexity index is 82.2. The van der Waals surface area contributed by atoms with Crippen LogP contribution in [0.2, 0.25) is 0 Å². The lowest BCUT2D eigenvalue weighted by atomic mass is 10.2. The third kappa shape index (κ3) is 5.77. The number of hydrogen-bond donors (Lipinski definition) is 0. The Morgan fingerprint density at radius 1 is 1.86 bits per heavy atom. The van der Waals surface area contributed by atoms with Crippen molar-refractivity contribution >= 4 is 11.6 Å². The van der Waals surface area contributed by atoms with Crippen LogP contribution in [0.15, 0.2) is 23.8 Å². The van der Waals surface area contributed by atoms with Gasteiger partial charge in [0.25, 0.3) is 0 Å². The summed E-state index contributed by atoms with van der Waals surface area (Å²) in [6, 6.07) is 0. The average Bonchev–Trinajstić information content (AvgIpc) is 1.61. The molecule has 0 saturated heterocycles. The first kappa shape index (κ1) is 6.77. The van der Waals surface area contributed by atoms with Gasteiger partial charge in [0.05, 0.1) is 0 Å². The van der Waals surface area contributed by atoms with Crippen LogP contribution < -0.4 is 0 Å². The molecule has 0 heterocycles. The van der Waals surface area contributed by atoms with Crippen LogP contribution in [-0.2, 0) is 0 Å². The number of allylic oxidation sites excluding steroid dienone is 2. The zero-order chi connectivity index (χ0) is 5.70. The second kappa shape index (κ2) is 3.94. The van der Waals surface area contributed by atoms with Crippen LogP contribution in [0.1, 0.15) is 13.3 Å². The normalized spacial score (nSPS) is 10.0. The molecule has 7 heavy (non-hydrogen) atoms. The summed E-state index contributed by atoms with van der Waals surface area (Å²) in [5, 5.41) is 0. The fourth-order valence-corrected chi connectivity index (χ4v) is 0.335. The van der Waals surface area contributed by atoms with Crippen molar-refractivity contribution in [1.82, 2.24) is 0 Å². The quantitative estimate of drug-likeness (QED) is 0.487. The summed E-state index contributed by atoms with van der Waals surface area (Å²) in [4.78, 5) is 0. The summed E-state index contributed by atoms with van der Waals surface area (Å²) in [6.07, 6.45) is 2.76. The maximum atomic E-state index is 5.22. The minimum Gasteiger partial charge on any atom is -0.0998 e. The molecule has 0 N–H and O–H groups in total. The molecule has 0 rings (SSSR count). The van der Waals surface area contributed by atoms with Crippen LogP contribution in [0.25, 0.3) is 0 Å². The highest BCUT2D eigenvalue weighted by atomic mass is 35.5. The summed E-state index contributed by atoms with van der Waals surface area (Å²) < 4.78 is 0. The molecular weight excluding hydrogens is 108 g/mol. The Labute approximate surface area is 49.5 Å². The van der Waals surface area contributed by atoms with Crippen LogP contribution in [0.3, 0.4) is 0 Å². The van der Waals surface area contributed by atoms with Crippen molar-refractivity contribution in [3.05, 3.63) is 23.8 Å². The molecule has 0 radical (unpaired) electrons. The molecule has 0 spiro atoms. The molecule has 0 amide bonds. The highest BCUT2D eigenvalue weighted by Crippen LogP contribution is 1.95. The van der Waals surface area contributed by atoms with Crippen molar-refractivity contribution < 1.29 is 0 Å². The van der Waals surface area contributed by atoms with Crippen molar-refractivity contribution in [2.75, 3.05) is 0 Å². The van der Waals surface area contributed by atoms with E-state index in [2.05, 4.69) is 6.58 Å². The standard InChI is InChI=1S/C6H9Cl/c1-6(2)4-3-5-7/h3,5H,1,4H2,2H3/b5-3+. The Balaban J connectivity index is 3.14. The van der Waals surface area contributed by atoms with Crippen molar-refractivity contribution in [3.8, 4) is 0 Å². The summed E-state index contributed by atoms with van der Waals surface area (Å²) in [6.45, 7) is 5.65. The van der Waals surface area contributed by atoms with Gasteiger partial charge in [0.1, 0.15) is 0 Å². The molecular formula is C6H9Cl. The van der Waals surface area contributed by atoms with Gasteiger partial charge in [-0.2, -0.15) is 0 Å². The van der Waals surface area contributed by atoms with Gasteiger partial charge in [-0.1, -0.05) is 29.8 Å². The first-order valence-electron chi connectivity index (χ1n) is 2.17. The van der Waals surface area contributed by atoms with Crippen LogP contribution in [0.4, 0.5) is 0 Å². The molecule has 0 bridgehead atoms. The lowest BCUT2D eigenvalue weighted by Crippen LogP contribution is -1.63. The van der Waals surface area contributed by atoms with E-state index in [1.165, 1.54) is 5.54 Å². The number of rotatable bonds is 2. The molecule has 0 atom stereocenters. The zero-order valence-electron chi connectivity index (χ0n) is 4.45. The van der Waals surface area contributed by atoms with E-state index < -0.39 is 0 Å². The molecule has 0 fully saturated rings. The van der Waals surface area contributed by atoms with Gasteiger partial charge in [0.2, 0.25) is 0 Å². The van der Waals surface area contributed by atoms with Crippen molar-refractivity contribution in [2.24, 2.45) is 0 Å². The van der Waals surface area contributed by atoms with E-state index in [4.69, 9.17) is 11.6 Å². The Hall–Kier alpha value is -0.230. The minimum atomic E-state index is 0.892. The second-order valence-electron chi connectivity index (χ2n) is 1.52. The first-order chi connectivity index (χ1) is 3.27. The van der Waals surface area contributed by atoms with Crippen LogP contribution in [0, 0.1) is 0 Å². The molecule has 0 aliphatic carbocycles. The molecule has 0 saturated carbocycles. The lowest BCUT2D eigenvalue weighted by Gasteiger charge is -1.84. The first-order valence-corrected chi connectivity index (χ1v) is 2.60. The molecule has 0 aromatic rings. The molecule has 0 aromatic carbocycles. The number of hydrogen-bond acceptors (Lipinski definition) is 0. The van der Waals surface area contributed by atoms with E-state index in [1.807, 2.05) is 13.0 Å². The average molecular weight is 117 g/mol. The topological polar surface area (TPSA) is 0 Å². The SMILES string of the molecule is C=C(C)C/C=C/Cl. The van der Waals surface area contributed by atoms with E-state index in [0.29, 0.717) is 0 Å². The largest absolute Gasteiger partial charge is 0.0998 e. The molecule has 40 valence electrons. The predicted molar refractivity (Wildman–Crippen MR) is 34.4 cm³/mol. The number of halogens is 1. The highest BCUT2D eigenvalue weighted by Gasteiger charge is 1.74. The molecule has 0 aliphatic rings. The summed E-state index contributed by atoms with van der Waals surface area (Å²) in [5.74, 6) is 0. The summed E-state index contributed by atoms with van der Waals surface area (Å²) in [7, 11) is 0. The summed E-state index contributed by atoms with van der Waals surface area (Å²) >= 11 is 5.22. The van der Waals surface area contributed by atoms with Crippen LogP contribution >= 0.6 is 11.6 Å². The third-order valence-corrected chi connectivity index (χ3v) is 0.734. The van der Waals surface area contributed by atoms with E-state index in [1.54, 1.807) is 0 Å². The maximum absolute atomic E-state index is 5.22. The molecule has 1 heteroatoms. The van der Waals surface area contributed by atoms with E-state index in [-0.39, 0.29) is 0 Å². The Morgan fingerprint density at radius 3 is 2.57 bits per heavy atom.